The lowest BCUT2D eigenvalue weighted by molar-refractivity contribution is 0.0973. The van der Waals surface area contributed by atoms with Crippen molar-refractivity contribution in [3.05, 3.63) is 106 Å². The van der Waals surface area contributed by atoms with Crippen LogP contribution in [0.3, 0.4) is 0 Å². The number of hydrogen-bond donors (Lipinski definition) is 3. The summed E-state index contributed by atoms with van der Waals surface area (Å²) in [4.78, 5) is 30.4. The summed E-state index contributed by atoms with van der Waals surface area (Å²) in [5.41, 5.74) is 1.54. The predicted molar refractivity (Wildman–Crippen MR) is 153 cm³/mol. The zero-order valence-corrected chi connectivity index (χ0v) is 23.7. The van der Waals surface area contributed by atoms with Crippen LogP contribution >= 0.6 is 22.9 Å². The van der Waals surface area contributed by atoms with Crippen molar-refractivity contribution in [2.24, 2.45) is 0 Å². The molecule has 0 aliphatic carbocycles. The van der Waals surface area contributed by atoms with Crippen LogP contribution in [0.5, 0.6) is 0 Å². The van der Waals surface area contributed by atoms with E-state index in [1.54, 1.807) is 42.6 Å². The number of nitrogens with zero attached hydrogens (tertiary/aromatic N) is 2. The fourth-order valence-corrected chi connectivity index (χ4v) is 6.01. The first-order chi connectivity index (χ1) is 19.0. The number of sulfone groups is 1. The van der Waals surface area contributed by atoms with Crippen LogP contribution in [0.1, 0.15) is 32.5 Å². The van der Waals surface area contributed by atoms with E-state index in [9.17, 15) is 28.2 Å². The van der Waals surface area contributed by atoms with Crippen LogP contribution in [0, 0.1) is 6.92 Å². The van der Waals surface area contributed by atoms with Crippen LogP contribution in [0.15, 0.2) is 88.8 Å². The van der Waals surface area contributed by atoms with Crippen molar-refractivity contribution in [1.82, 2.24) is 9.88 Å². The average Bonchev–Trinajstić information content (AvgIpc) is 3.35. The number of nitrogens with one attached hydrogen (secondary N) is 1. The Bertz CT molecular complexity index is 1610. The molecule has 2 amide bonds. The highest BCUT2D eigenvalue weighted by atomic mass is 35.5. The lowest BCUT2D eigenvalue weighted by Gasteiger charge is -2.23. The summed E-state index contributed by atoms with van der Waals surface area (Å²) in [5, 5.41) is 23.6. The fourth-order valence-electron chi connectivity index (χ4n) is 3.90. The summed E-state index contributed by atoms with van der Waals surface area (Å²) in [6.07, 6.45) is -0.260. The molecule has 208 valence electrons. The molecule has 0 fully saturated rings. The van der Waals surface area contributed by atoms with Crippen LogP contribution < -0.4 is 5.32 Å². The van der Waals surface area contributed by atoms with Crippen molar-refractivity contribution >= 4 is 49.9 Å². The third kappa shape index (κ3) is 7.24. The van der Waals surface area contributed by atoms with Crippen molar-refractivity contribution in [2.45, 2.75) is 29.2 Å². The molecule has 0 spiro atoms. The van der Waals surface area contributed by atoms with E-state index in [1.165, 1.54) is 47.7 Å². The Hall–Kier alpha value is -3.77. The summed E-state index contributed by atoms with van der Waals surface area (Å²) < 4.78 is 26.2. The maximum Gasteiger partial charge on any atom is 0.407 e. The number of aliphatic hydroxyl groups is 1. The average molecular weight is 600 g/mol. The number of aromatic nitrogens is 1. The highest BCUT2D eigenvalue weighted by Crippen LogP contribution is 2.24. The first kappa shape index (κ1) is 29.2. The number of carboxylic acid groups (broad SMARTS) is 1. The number of rotatable bonds is 10. The number of benzene rings is 3. The Labute approximate surface area is 240 Å². The molecule has 0 aliphatic heterocycles. The van der Waals surface area contributed by atoms with Gasteiger partial charge in [0.1, 0.15) is 0 Å². The smallest absolute Gasteiger partial charge is 0.407 e. The molecule has 0 saturated carbocycles. The molecule has 1 atom stereocenters. The normalized spacial score (nSPS) is 12.1. The second-order valence-electron chi connectivity index (χ2n) is 8.95. The van der Waals surface area contributed by atoms with E-state index >= 15 is 0 Å². The minimum absolute atomic E-state index is 0.0361. The quantitative estimate of drug-likeness (QED) is 0.220. The standard InChI is InChI=1S/C28H26ClN3O6S2/c1-18-16-30-27(39-18)31-26(34)20-7-11-24(12-8-20)40(37,38)23-9-5-19(6-10-23)13-14-32(28(35)36)17-25(33)21-3-2-4-22(29)15-21/h2-12,15-16,25,33H,13-14,17H2,1H3,(H,35,36)(H,30,31,34)/t25-/m0/s1. The van der Waals surface area contributed by atoms with E-state index in [-0.39, 0.29) is 22.9 Å². The zero-order chi connectivity index (χ0) is 28.9. The van der Waals surface area contributed by atoms with E-state index in [0.717, 1.165) is 15.3 Å². The van der Waals surface area contributed by atoms with Crippen molar-refractivity contribution in [3.8, 4) is 0 Å². The number of thiazole rings is 1. The minimum Gasteiger partial charge on any atom is -0.465 e. The first-order valence-corrected chi connectivity index (χ1v) is 14.8. The third-order valence-electron chi connectivity index (χ3n) is 6.07. The van der Waals surface area contributed by atoms with Crippen molar-refractivity contribution in [1.29, 1.82) is 0 Å². The van der Waals surface area contributed by atoms with Crippen molar-refractivity contribution in [2.75, 3.05) is 18.4 Å². The number of anilines is 1. The maximum absolute atomic E-state index is 13.1. The van der Waals surface area contributed by atoms with Gasteiger partial charge < -0.3 is 15.1 Å². The second kappa shape index (κ2) is 12.6. The minimum atomic E-state index is -3.84. The Morgan fingerprint density at radius 2 is 1.70 bits per heavy atom. The van der Waals surface area contributed by atoms with E-state index in [1.807, 2.05) is 6.92 Å². The topological polar surface area (TPSA) is 137 Å². The van der Waals surface area contributed by atoms with Crippen LogP contribution in [0.4, 0.5) is 9.93 Å². The van der Waals surface area contributed by atoms with E-state index < -0.39 is 27.9 Å². The fraction of sp³-hybridized carbons (Fsp3) is 0.179. The van der Waals surface area contributed by atoms with Gasteiger partial charge in [0.2, 0.25) is 9.84 Å². The Balaban J connectivity index is 1.38. The highest BCUT2D eigenvalue weighted by molar-refractivity contribution is 7.91. The molecule has 3 N–H and O–H groups in total. The van der Waals surface area contributed by atoms with E-state index in [0.29, 0.717) is 27.7 Å². The van der Waals surface area contributed by atoms with Gasteiger partial charge in [0.25, 0.3) is 5.91 Å². The summed E-state index contributed by atoms with van der Waals surface area (Å²) in [6, 6.07) is 18.4. The molecule has 4 rings (SSSR count). The van der Waals surface area contributed by atoms with E-state index in [2.05, 4.69) is 10.3 Å². The van der Waals surface area contributed by atoms with Crippen LogP contribution in [0.25, 0.3) is 0 Å². The van der Waals surface area contributed by atoms with Gasteiger partial charge >= 0.3 is 6.09 Å². The Morgan fingerprint density at radius 1 is 1.05 bits per heavy atom. The number of hydrogen-bond acceptors (Lipinski definition) is 7. The van der Waals surface area contributed by atoms with Gasteiger partial charge in [-0.1, -0.05) is 35.9 Å². The third-order valence-corrected chi connectivity index (χ3v) is 8.92. The SMILES string of the molecule is Cc1cnc(NC(=O)c2ccc(S(=O)(=O)c3ccc(CCN(C[C@H](O)c4cccc(Cl)c4)C(=O)O)cc3)cc2)s1. The maximum atomic E-state index is 13.1. The lowest BCUT2D eigenvalue weighted by atomic mass is 10.1. The summed E-state index contributed by atoms with van der Waals surface area (Å²) in [5.74, 6) is -0.391. The van der Waals surface area contributed by atoms with Gasteiger partial charge in [0, 0.05) is 28.2 Å². The van der Waals surface area contributed by atoms with Crippen LogP contribution in [-0.4, -0.2) is 53.6 Å². The molecule has 4 aromatic rings. The molecule has 0 bridgehead atoms. The van der Waals surface area contributed by atoms with Crippen molar-refractivity contribution in [3.63, 3.8) is 0 Å². The number of carbonyl (C=O) groups is 2. The molecule has 1 aromatic heterocycles. The summed E-state index contributed by atoms with van der Waals surface area (Å²) in [6.45, 7) is 1.84. The molecule has 0 saturated heterocycles. The Morgan fingerprint density at radius 3 is 2.27 bits per heavy atom. The summed E-state index contributed by atoms with van der Waals surface area (Å²) >= 11 is 7.30. The number of halogens is 1. The molecule has 0 aliphatic rings. The van der Waals surface area contributed by atoms with Gasteiger partial charge in [-0.2, -0.15) is 0 Å². The van der Waals surface area contributed by atoms with Gasteiger partial charge in [-0.15, -0.1) is 11.3 Å². The van der Waals surface area contributed by atoms with Gasteiger partial charge in [-0.25, -0.2) is 18.2 Å². The molecule has 9 nitrogen and oxygen atoms in total. The van der Waals surface area contributed by atoms with Gasteiger partial charge in [0.05, 0.1) is 22.4 Å². The number of aryl methyl sites for hydroxylation is 1. The molecule has 0 radical (unpaired) electrons. The zero-order valence-electron chi connectivity index (χ0n) is 21.3. The van der Waals surface area contributed by atoms with Crippen molar-refractivity contribution < 1.29 is 28.2 Å². The molecule has 0 unspecified atom stereocenters. The van der Waals surface area contributed by atoms with Gasteiger partial charge in [0.15, 0.2) is 5.13 Å². The highest BCUT2D eigenvalue weighted by Gasteiger charge is 2.20. The summed E-state index contributed by atoms with van der Waals surface area (Å²) in [7, 11) is -3.84. The Kier molecular flexibility index (Phi) is 9.21. The monoisotopic (exact) mass is 599 g/mol. The van der Waals surface area contributed by atoms with E-state index in [4.69, 9.17) is 11.6 Å². The van der Waals surface area contributed by atoms with Crippen LogP contribution in [0.2, 0.25) is 5.02 Å². The number of amides is 2. The molecule has 40 heavy (non-hydrogen) atoms. The van der Waals surface area contributed by atoms with Gasteiger partial charge in [-0.05, 0) is 73.0 Å². The second-order valence-corrected chi connectivity index (χ2v) is 12.6. The largest absolute Gasteiger partial charge is 0.465 e. The number of carbonyl (C=O) groups excluding carboxylic acids is 1. The van der Waals surface area contributed by atoms with Gasteiger partial charge in [-0.3, -0.25) is 10.1 Å². The molecular formula is C28H26ClN3O6S2. The molecule has 3 aromatic carbocycles. The number of aliphatic hydroxyl groups excluding tert-OH is 1. The molecular weight excluding hydrogens is 574 g/mol. The first-order valence-electron chi connectivity index (χ1n) is 12.1. The molecule has 1 heterocycles. The lowest BCUT2D eigenvalue weighted by Crippen LogP contribution is -2.35. The molecule has 12 heteroatoms. The van der Waals surface area contributed by atoms with Crippen LogP contribution in [-0.2, 0) is 16.3 Å². The predicted octanol–water partition coefficient (Wildman–Crippen LogP) is 5.45.